The van der Waals surface area contributed by atoms with E-state index in [1.165, 1.54) is 14.1 Å². The maximum absolute atomic E-state index is 12.4. The van der Waals surface area contributed by atoms with E-state index in [2.05, 4.69) is 47.0 Å². The first-order chi connectivity index (χ1) is 30.7. The van der Waals surface area contributed by atoms with Gasteiger partial charge in [-0.2, -0.15) is 10.2 Å². The molecule has 1 aliphatic carbocycles. The lowest BCUT2D eigenvalue weighted by molar-refractivity contribution is -0.117. The lowest BCUT2D eigenvalue weighted by atomic mass is 10.0. The zero-order chi connectivity index (χ0) is 43.2. The molecule has 1 saturated carbocycles. The Morgan fingerprint density at radius 3 is 1.62 bits per heavy atom. The number of carbonyl (C=O) groups is 3. The Hall–Kier alpha value is -7.16. The van der Waals surface area contributed by atoms with Gasteiger partial charge in [0.25, 0.3) is 11.8 Å². The SMILES string of the molecule is C.C.CNC(=O)c1nnc(Cl)cc1Nc1cccc2c1OCc1cn(C3COC3)nc1-2.CNC(=O)c1nnc(NC(=O)C2CC2)cc1Nc1cccc2c1OCc1cn(C3COC3)nc1-2. The highest BCUT2D eigenvalue weighted by Gasteiger charge is 2.32. The molecule has 21 heteroatoms. The zero-order valence-corrected chi connectivity index (χ0v) is 34.7. The molecule has 0 spiro atoms. The minimum absolute atomic E-state index is 0. The van der Waals surface area contributed by atoms with Gasteiger partial charge in [-0.05, 0) is 37.1 Å². The average molecular weight is 906 g/mol. The zero-order valence-electron chi connectivity index (χ0n) is 34.0. The van der Waals surface area contributed by atoms with Gasteiger partial charge in [0, 0.05) is 66.8 Å². The summed E-state index contributed by atoms with van der Waals surface area (Å²) in [6.45, 7) is 3.46. The summed E-state index contributed by atoms with van der Waals surface area (Å²) >= 11 is 5.99. The van der Waals surface area contributed by atoms with Crippen LogP contribution >= 0.6 is 11.6 Å². The van der Waals surface area contributed by atoms with Crippen LogP contribution in [0.5, 0.6) is 11.5 Å². The van der Waals surface area contributed by atoms with Crippen LogP contribution in [0.3, 0.4) is 0 Å². The smallest absolute Gasteiger partial charge is 0.273 e. The van der Waals surface area contributed by atoms with Crippen LogP contribution in [-0.4, -0.2) is 98.2 Å². The molecule has 0 bridgehead atoms. The van der Waals surface area contributed by atoms with Crippen molar-refractivity contribution in [2.75, 3.05) is 56.5 Å². The summed E-state index contributed by atoms with van der Waals surface area (Å²) in [5.41, 5.74) is 7.96. The Bertz CT molecular complexity index is 2780. The predicted molar refractivity (Wildman–Crippen MR) is 241 cm³/mol. The van der Waals surface area contributed by atoms with Crippen LogP contribution in [0, 0.1) is 5.92 Å². The van der Waals surface area contributed by atoms with E-state index < -0.39 is 5.91 Å². The van der Waals surface area contributed by atoms with Gasteiger partial charge in [0.05, 0.1) is 61.3 Å². The first-order valence-electron chi connectivity index (χ1n) is 20.3. The summed E-state index contributed by atoms with van der Waals surface area (Å²) < 4.78 is 26.6. The van der Waals surface area contributed by atoms with Crippen LogP contribution in [0.2, 0.25) is 5.15 Å². The molecule has 11 rings (SSSR count). The minimum atomic E-state index is -0.399. The molecule has 8 heterocycles. The number of hydrogen-bond acceptors (Lipinski definition) is 15. The van der Waals surface area contributed by atoms with E-state index in [0.29, 0.717) is 73.9 Å². The lowest BCUT2D eigenvalue weighted by Gasteiger charge is -2.25. The summed E-state index contributed by atoms with van der Waals surface area (Å²) in [4.78, 5) is 36.8. The number of nitrogens with zero attached hydrogens (tertiary/aromatic N) is 8. The number of fused-ring (bicyclic) bond motifs is 6. The molecule has 4 aromatic heterocycles. The lowest BCUT2D eigenvalue weighted by Crippen LogP contribution is -2.30. The molecule has 5 aliphatic rings. The summed E-state index contributed by atoms with van der Waals surface area (Å²) in [7, 11) is 3.05. The highest BCUT2D eigenvalue weighted by Crippen LogP contribution is 2.45. The van der Waals surface area contributed by atoms with Crippen molar-refractivity contribution >= 4 is 57.9 Å². The van der Waals surface area contributed by atoms with Gasteiger partial charge in [-0.1, -0.05) is 38.6 Å². The number of ether oxygens (including phenoxy) is 4. The number of anilines is 5. The first kappa shape index (κ1) is 44.4. The van der Waals surface area contributed by atoms with E-state index in [0.717, 1.165) is 46.5 Å². The average Bonchev–Trinajstić information content (AvgIpc) is 3.89. The molecule has 2 aromatic carbocycles. The fraction of sp³-hybridized carbons (Fsp3) is 0.341. The Kier molecular flexibility index (Phi) is 12.7. The van der Waals surface area contributed by atoms with Gasteiger partial charge in [0.1, 0.15) is 24.6 Å². The van der Waals surface area contributed by atoms with Crippen LogP contribution < -0.4 is 36.1 Å². The van der Waals surface area contributed by atoms with E-state index in [4.69, 9.17) is 40.7 Å². The van der Waals surface area contributed by atoms with Crippen molar-refractivity contribution in [2.45, 2.75) is 53.0 Å². The summed E-state index contributed by atoms with van der Waals surface area (Å²) in [6.07, 6.45) is 5.78. The molecule has 20 nitrogen and oxygen atoms in total. The number of halogens is 1. The highest BCUT2D eigenvalue weighted by atomic mass is 35.5. The molecule has 6 aromatic rings. The van der Waals surface area contributed by atoms with Crippen molar-refractivity contribution in [3.05, 3.63) is 88.6 Å². The number of hydrogen-bond donors (Lipinski definition) is 5. The van der Waals surface area contributed by atoms with Gasteiger partial charge in [0.2, 0.25) is 5.91 Å². The van der Waals surface area contributed by atoms with Gasteiger partial charge in [-0.25, -0.2) is 0 Å². The third-order valence-electron chi connectivity index (χ3n) is 11.1. The maximum Gasteiger partial charge on any atom is 0.273 e. The summed E-state index contributed by atoms with van der Waals surface area (Å²) in [5, 5.41) is 39.8. The highest BCUT2D eigenvalue weighted by molar-refractivity contribution is 6.29. The monoisotopic (exact) mass is 905 g/mol. The van der Waals surface area contributed by atoms with Crippen LogP contribution in [-0.2, 0) is 27.5 Å². The van der Waals surface area contributed by atoms with Gasteiger partial charge in [0.15, 0.2) is 33.9 Å². The maximum atomic E-state index is 12.4. The molecule has 338 valence electrons. The Balaban J connectivity index is 0.000000174. The first-order valence-corrected chi connectivity index (χ1v) is 20.7. The van der Waals surface area contributed by atoms with Gasteiger partial charge < -0.3 is 45.5 Å². The van der Waals surface area contributed by atoms with Crippen LogP contribution in [0.25, 0.3) is 22.5 Å². The van der Waals surface area contributed by atoms with E-state index in [1.54, 1.807) is 12.1 Å². The molecule has 0 radical (unpaired) electrons. The third-order valence-corrected chi connectivity index (χ3v) is 11.3. The van der Waals surface area contributed by atoms with Crippen LogP contribution in [0.4, 0.5) is 28.6 Å². The molecule has 0 atom stereocenters. The minimum Gasteiger partial charge on any atom is -0.486 e. The molecule has 65 heavy (non-hydrogen) atoms. The number of amides is 3. The van der Waals surface area contributed by atoms with E-state index in [1.807, 2.05) is 58.2 Å². The Morgan fingerprint density at radius 2 is 1.15 bits per heavy atom. The molecule has 3 amide bonds. The standard InChI is InChI=1S/C23H23N7O4.C19H17ClN6O3.2CH4/c1-24-23(32)20-17(7-18(27-28-20)26-22(31)12-5-6-12)25-16-4-2-3-15-19-13(9-34-21(15)16)8-30(29-19)14-10-33-11-14;1-21-19(27)17-14(5-15(20)23-24-17)22-13-4-2-3-12-16-10(7-29-18(12)13)6-26(25-16)11-8-28-9-11;;/h2-4,7-8,12,14H,5-6,9-11H2,1H3,(H,24,32)(H2,25,26,27,31);2-6,11H,7-9H2,1H3,(H,21,27)(H,22,23);2*1H4. The van der Waals surface area contributed by atoms with Crippen molar-refractivity contribution in [3.8, 4) is 34.0 Å². The van der Waals surface area contributed by atoms with Crippen molar-refractivity contribution in [2.24, 2.45) is 5.92 Å². The van der Waals surface area contributed by atoms with Gasteiger partial charge >= 0.3 is 0 Å². The quantitative estimate of drug-likeness (QED) is 0.105. The van der Waals surface area contributed by atoms with Crippen molar-refractivity contribution in [1.29, 1.82) is 0 Å². The normalized spacial score (nSPS) is 15.3. The van der Waals surface area contributed by atoms with Crippen molar-refractivity contribution in [1.82, 2.24) is 50.6 Å². The second-order valence-electron chi connectivity index (χ2n) is 15.4. The molecule has 0 unspecified atom stereocenters. The van der Waals surface area contributed by atoms with Crippen LogP contribution in [0.1, 0.15) is 71.9 Å². The van der Waals surface area contributed by atoms with Gasteiger partial charge in [-0.15, -0.1) is 20.4 Å². The summed E-state index contributed by atoms with van der Waals surface area (Å²) in [6, 6.07) is 15.1. The second kappa shape index (κ2) is 18.5. The van der Waals surface area contributed by atoms with E-state index in [-0.39, 0.29) is 67.0 Å². The van der Waals surface area contributed by atoms with E-state index >= 15 is 0 Å². The summed E-state index contributed by atoms with van der Waals surface area (Å²) in [5.74, 6) is 0.733. The van der Waals surface area contributed by atoms with Crippen molar-refractivity contribution in [3.63, 3.8) is 0 Å². The van der Waals surface area contributed by atoms with E-state index in [9.17, 15) is 14.4 Å². The molecular weight excluding hydrogens is 858 g/mol. The molecule has 3 fully saturated rings. The second-order valence-corrected chi connectivity index (χ2v) is 15.8. The number of aromatic nitrogens is 8. The van der Waals surface area contributed by atoms with Crippen LogP contribution in [0.15, 0.2) is 60.9 Å². The number of carbonyl (C=O) groups excluding carboxylic acids is 3. The molecule has 2 saturated heterocycles. The largest absolute Gasteiger partial charge is 0.486 e. The van der Waals surface area contributed by atoms with Crippen molar-refractivity contribution < 1.29 is 33.3 Å². The number of rotatable bonds is 10. The third kappa shape index (κ3) is 8.74. The number of para-hydroxylation sites is 2. The topological polar surface area (TPSA) is 235 Å². The predicted octanol–water partition coefficient (Wildman–Crippen LogP) is 6.09. The number of nitrogens with one attached hydrogen (secondary N) is 5. The fourth-order valence-corrected chi connectivity index (χ4v) is 7.50. The Morgan fingerprint density at radius 1 is 0.662 bits per heavy atom. The number of benzene rings is 2. The molecule has 4 aliphatic heterocycles. The Labute approximate surface area is 378 Å². The molecular formula is C44H48ClN13O7. The van der Waals surface area contributed by atoms with Gasteiger partial charge in [-0.3, -0.25) is 23.7 Å². The fourth-order valence-electron chi connectivity index (χ4n) is 7.35. The molecule has 5 N–H and O–H groups in total.